The molecule has 21 heavy (non-hydrogen) atoms. The van der Waals surface area contributed by atoms with Gasteiger partial charge >= 0.3 is 0 Å². The highest BCUT2D eigenvalue weighted by atomic mass is 15.2. The van der Waals surface area contributed by atoms with Crippen molar-refractivity contribution in [2.75, 3.05) is 19.6 Å². The Balaban J connectivity index is 2.76. The molecule has 0 spiro atoms. The summed E-state index contributed by atoms with van der Waals surface area (Å²) < 4.78 is 0. The third-order valence-electron chi connectivity index (χ3n) is 4.39. The molecule has 114 valence electrons. The van der Waals surface area contributed by atoms with Gasteiger partial charge in [-0.1, -0.05) is 12.8 Å². The van der Waals surface area contributed by atoms with Gasteiger partial charge in [-0.15, -0.1) is 0 Å². The summed E-state index contributed by atoms with van der Waals surface area (Å²) in [5.74, 6) is 0. The van der Waals surface area contributed by atoms with Gasteiger partial charge < -0.3 is 5.32 Å². The van der Waals surface area contributed by atoms with Gasteiger partial charge in [0.05, 0.1) is 18.2 Å². The second-order valence-electron chi connectivity index (χ2n) is 5.87. The SMILES string of the molecule is CC1(NCCC#N)CCCCC1N(CCC#N)CCC#N. The zero-order chi connectivity index (χ0) is 15.6. The van der Waals surface area contributed by atoms with Gasteiger partial charge in [-0.2, -0.15) is 15.8 Å². The monoisotopic (exact) mass is 287 g/mol. The Kier molecular flexibility index (Phi) is 7.76. The van der Waals surface area contributed by atoms with Crippen molar-refractivity contribution in [2.24, 2.45) is 0 Å². The Morgan fingerprint density at radius 1 is 1.05 bits per heavy atom. The summed E-state index contributed by atoms with van der Waals surface area (Å²) in [5.41, 5.74) is -0.0278. The van der Waals surface area contributed by atoms with Crippen LogP contribution in [-0.2, 0) is 0 Å². The van der Waals surface area contributed by atoms with Crippen molar-refractivity contribution in [3.8, 4) is 18.2 Å². The molecule has 0 bridgehead atoms. The van der Waals surface area contributed by atoms with Crippen LogP contribution in [0.1, 0.15) is 51.9 Å². The summed E-state index contributed by atoms with van der Waals surface area (Å²) in [6.45, 7) is 4.37. The third kappa shape index (κ3) is 5.35. The number of nitrogens with zero attached hydrogens (tertiary/aromatic N) is 4. The van der Waals surface area contributed by atoms with Crippen LogP contribution < -0.4 is 5.32 Å². The number of hydrogen-bond acceptors (Lipinski definition) is 5. The summed E-state index contributed by atoms with van der Waals surface area (Å²) >= 11 is 0. The maximum Gasteiger partial charge on any atom is 0.0635 e. The van der Waals surface area contributed by atoms with Gasteiger partial charge in [0.2, 0.25) is 0 Å². The molecule has 0 heterocycles. The first-order valence-electron chi connectivity index (χ1n) is 7.78. The average molecular weight is 287 g/mol. The molecule has 0 radical (unpaired) electrons. The van der Waals surface area contributed by atoms with Crippen LogP contribution in [0.25, 0.3) is 0 Å². The van der Waals surface area contributed by atoms with Gasteiger partial charge in [0.1, 0.15) is 0 Å². The lowest BCUT2D eigenvalue weighted by atomic mass is 9.77. The first kappa shape index (κ1) is 17.4. The molecule has 1 saturated carbocycles. The normalized spacial score (nSPS) is 25.0. The minimum Gasteiger partial charge on any atom is -0.309 e. The third-order valence-corrected chi connectivity index (χ3v) is 4.39. The Hall–Kier alpha value is -1.61. The maximum absolute atomic E-state index is 8.85. The maximum atomic E-state index is 8.85. The predicted octanol–water partition coefficient (Wildman–Crippen LogP) is 2.32. The van der Waals surface area contributed by atoms with E-state index in [-0.39, 0.29) is 5.54 Å². The van der Waals surface area contributed by atoms with E-state index in [1.807, 2.05) is 0 Å². The van der Waals surface area contributed by atoms with Crippen LogP contribution in [0, 0.1) is 34.0 Å². The lowest BCUT2D eigenvalue weighted by Gasteiger charge is -2.47. The van der Waals surface area contributed by atoms with E-state index in [0.29, 0.717) is 31.8 Å². The van der Waals surface area contributed by atoms with Crippen LogP contribution in [0.5, 0.6) is 0 Å². The molecule has 0 amide bonds. The van der Waals surface area contributed by atoms with Crippen molar-refractivity contribution < 1.29 is 0 Å². The van der Waals surface area contributed by atoms with E-state index in [9.17, 15) is 0 Å². The zero-order valence-electron chi connectivity index (χ0n) is 12.9. The molecule has 0 aromatic heterocycles. The van der Waals surface area contributed by atoms with E-state index in [1.54, 1.807) is 0 Å². The summed E-state index contributed by atoms with van der Waals surface area (Å²) in [4.78, 5) is 2.30. The zero-order valence-corrected chi connectivity index (χ0v) is 12.9. The van der Waals surface area contributed by atoms with Crippen LogP contribution in [0.2, 0.25) is 0 Å². The van der Waals surface area contributed by atoms with Gasteiger partial charge in [-0.25, -0.2) is 0 Å². The van der Waals surface area contributed by atoms with Crippen molar-refractivity contribution in [3.05, 3.63) is 0 Å². The van der Waals surface area contributed by atoms with Crippen molar-refractivity contribution in [1.82, 2.24) is 10.2 Å². The topological polar surface area (TPSA) is 86.6 Å². The number of rotatable bonds is 8. The van der Waals surface area contributed by atoms with Crippen LogP contribution in [0.15, 0.2) is 0 Å². The fourth-order valence-electron chi connectivity index (χ4n) is 3.32. The van der Waals surface area contributed by atoms with Crippen LogP contribution >= 0.6 is 0 Å². The molecule has 0 aromatic rings. The highest BCUT2D eigenvalue weighted by Gasteiger charge is 2.39. The number of nitrogens with one attached hydrogen (secondary N) is 1. The molecule has 1 aliphatic carbocycles. The van der Waals surface area contributed by atoms with Crippen LogP contribution in [-0.4, -0.2) is 36.1 Å². The minimum atomic E-state index is -0.0278. The molecular formula is C16H25N5. The lowest BCUT2D eigenvalue weighted by molar-refractivity contribution is 0.0708. The standard InChI is InChI=1S/C16H25N5/c1-16(20-12-4-9-17)8-3-2-7-15(16)21(13-5-10-18)14-6-11-19/h15,20H,2-8,12-14H2,1H3. The van der Waals surface area contributed by atoms with Crippen LogP contribution in [0.3, 0.4) is 0 Å². The van der Waals surface area contributed by atoms with E-state index in [0.717, 1.165) is 25.9 Å². The minimum absolute atomic E-state index is 0.0278. The summed E-state index contributed by atoms with van der Waals surface area (Å²) in [5, 5.41) is 30.0. The predicted molar refractivity (Wildman–Crippen MR) is 80.9 cm³/mol. The Morgan fingerprint density at radius 3 is 2.24 bits per heavy atom. The molecule has 1 aliphatic rings. The number of hydrogen-bond donors (Lipinski definition) is 1. The quantitative estimate of drug-likeness (QED) is 0.692. The largest absolute Gasteiger partial charge is 0.309 e. The van der Waals surface area contributed by atoms with E-state index >= 15 is 0 Å². The molecule has 2 atom stereocenters. The second kappa shape index (κ2) is 9.35. The van der Waals surface area contributed by atoms with E-state index in [2.05, 4.69) is 35.3 Å². The molecule has 5 nitrogen and oxygen atoms in total. The van der Waals surface area contributed by atoms with Crippen molar-refractivity contribution >= 4 is 0 Å². The first-order chi connectivity index (χ1) is 10.2. The fraction of sp³-hybridized carbons (Fsp3) is 0.812. The van der Waals surface area contributed by atoms with Crippen LogP contribution in [0.4, 0.5) is 0 Å². The first-order valence-corrected chi connectivity index (χ1v) is 7.78. The summed E-state index contributed by atoms with van der Waals surface area (Å²) in [6.07, 6.45) is 6.06. The molecule has 1 rings (SSSR count). The molecule has 1 N–H and O–H groups in total. The second-order valence-corrected chi connectivity index (χ2v) is 5.87. The molecular weight excluding hydrogens is 262 g/mol. The highest BCUT2D eigenvalue weighted by Crippen LogP contribution is 2.32. The van der Waals surface area contributed by atoms with E-state index in [4.69, 9.17) is 15.8 Å². The molecule has 0 aliphatic heterocycles. The molecule has 2 unspecified atom stereocenters. The smallest absolute Gasteiger partial charge is 0.0635 e. The molecule has 5 heteroatoms. The molecule has 0 saturated heterocycles. The molecule has 0 aromatic carbocycles. The average Bonchev–Trinajstić information content (AvgIpc) is 2.49. The Bertz CT molecular complexity index is 409. The fourth-order valence-corrected chi connectivity index (χ4v) is 3.32. The van der Waals surface area contributed by atoms with Gasteiger partial charge in [0, 0.05) is 50.5 Å². The highest BCUT2D eigenvalue weighted by molar-refractivity contribution is 5.00. The summed E-state index contributed by atoms with van der Waals surface area (Å²) in [6, 6.07) is 6.93. The van der Waals surface area contributed by atoms with E-state index in [1.165, 1.54) is 12.8 Å². The van der Waals surface area contributed by atoms with Crippen molar-refractivity contribution in [2.45, 2.75) is 63.5 Å². The van der Waals surface area contributed by atoms with Crippen molar-refractivity contribution in [3.63, 3.8) is 0 Å². The lowest BCUT2D eigenvalue weighted by Crippen LogP contribution is -2.61. The Morgan fingerprint density at radius 2 is 1.67 bits per heavy atom. The Labute approximate surface area is 128 Å². The molecule has 1 fully saturated rings. The van der Waals surface area contributed by atoms with Gasteiger partial charge in [0.15, 0.2) is 0 Å². The van der Waals surface area contributed by atoms with Gasteiger partial charge in [-0.05, 0) is 19.8 Å². The number of nitriles is 3. The van der Waals surface area contributed by atoms with Gasteiger partial charge in [0.25, 0.3) is 0 Å². The van der Waals surface area contributed by atoms with E-state index < -0.39 is 0 Å². The van der Waals surface area contributed by atoms with Crippen molar-refractivity contribution in [1.29, 1.82) is 15.8 Å². The summed E-state index contributed by atoms with van der Waals surface area (Å²) in [7, 11) is 0. The van der Waals surface area contributed by atoms with Gasteiger partial charge in [-0.3, -0.25) is 4.90 Å².